The van der Waals surface area contributed by atoms with Gasteiger partial charge in [0, 0.05) is 32.8 Å². The Morgan fingerprint density at radius 1 is 1.35 bits per heavy atom. The first-order valence-electron chi connectivity index (χ1n) is 8.44. The molecule has 0 saturated carbocycles. The number of benzene rings is 1. The van der Waals surface area contributed by atoms with Crippen LogP contribution in [-0.4, -0.2) is 45.5 Å². The number of aryl methyl sites for hydroxylation is 2. The second kappa shape index (κ2) is 7.70. The number of aromatic nitrogens is 3. The Labute approximate surface area is 138 Å². The summed E-state index contributed by atoms with van der Waals surface area (Å²) in [6.07, 6.45) is 4.55. The molecule has 1 aliphatic rings. The highest BCUT2D eigenvalue weighted by Crippen LogP contribution is 2.16. The fraction of sp³-hybridized carbons (Fsp3) is 0.556. The molecule has 23 heavy (non-hydrogen) atoms. The summed E-state index contributed by atoms with van der Waals surface area (Å²) in [6.45, 7) is 8.90. The fourth-order valence-corrected chi connectivity index (χ4v) is 3.16. The van der Waals surface area contributed by atoms with E-state index in [1.54, 1.807) is 0 Å². The Bertz CT molecular complexity index is 619. The van der Waals surface area contributed by atoms with Crippen LogP contribution < -0.4 is 0 Å². The third-order valence-electron chi connectivity index (χ3n) is 4.44. The lowest BCUT2D eigenvalue weighted by Gasteiger charge is -2.25. The van der Waals surface area contributed by atoms with Gasteiger partial charge < -0.3 is 9.30 Å². The van der Waals surface area contributed by atoms with E-state index in [0.29, 0.717) is 6.10 Å². The molecule has 1 aromatic carbocycles. The zero-order valence-corrected chi connectivity index (χ0v) is 14.1. The van der Waals surface area contributed by atoms with Crippen LogP contribution in [0.25, 0.3) is 0 Å². The summed E-state index contributed by atoms with van der Waals surface area (Å²) in [4.78, 5) is 2.49. The largest absolute Gasteiger partial charge is 0.377 e. The molecule has 2 heterocycles. The second-order valence-corrected chi connectivity index (χ2v) is 6.43. The van der Waals surface area contributed by atoms with E-state index in [2.05, 4.69) is 50.9 Å². The summed E-state index contributed by atoms with van der Waals surface area (Å²) in [5.41, 5.74) is 2.68. The average molecular weight is 314 g/mol. The summed E-state index contributed by atoms with van der Waals surface area (Å²) in [5.74, 6) is 0.970. The Kier molecular flexibility index (Phi) is 5.41. The molecule has 5 heteroatoms. The molecule has 1 aliphatic heterocycles. The van der Waals surface area contributed by atoms with Crippen LogP contribution in [0, 0.1) is 13.8 Å². The lowest BCUT2D eigenvalue weighted by atomic mass is 10.1. The van der Waals surface area contributed by atoms with Crippen LogP contribution in [0.5, 0.6) is 0 Å². The van der Waals surface area contributed by atoms with Crippen LogP contribution in [0.1, 0.15) is 29.8 Å². The first kappa shape index (κ1) is 16.1. The molecule has 1 unspecified atom stereocenters. The molecule has 1 atom stereocenters. The molecule has 5 nitrogen and oxygen atoms in total. The summed E-state index contributed by atoms with van der Waals surface area (Å²) >= 11 is 0. The highest BCUT2D eigenvalue weighted by molar-refractivity contribution is 5.22. The summed E-state index contributed by atoms with van der Waals surface area (Å²) in [7, 11) is 0. The molecule has 0 amide bonds. The molecule has 3 rings (SSSR count). The van der Waals surface area contributed by atoms with Gasteiger partial charge in [0.2, 0.25) is 0 Å². The van der Waals surface area contributed by atoms with Crippen LogP contribution in [0.2, 0.25) is 0 Å². The molecule has 124 valence electrons. The van der Waals surface area contributed by atoms with Crippen molar-refractivity contribution in [1.82, 2.24) is 19.7 Å². The van der Waals surface area contributed by atoms with Crippen molar-refractivity contribution in [2.45, 2.75) is 45.9 Å². The minimum atomic E-state index is 0.377. The van der Waals surface area contributed by atoms with Crippen LogP contribution in [0.15, 0.2) is 30.6 Å². The maximum Gasteiger partial charge on any atom is 0.129 e. The van der Waals surface area contributed by atoms with Gasteiger partial charge in [-0.3, -0.25) is 4.90 Å². The Morgan fingerprint density at radius 2 is 2.26 bits per heavy atom. The zero-order valence-electron chi connectivity index (χ0n) is 14.1. The van der Waals surface area contributed by atoms with Gasteiger partial charge in [0.25, 0.3) is 0 Å². The Hall–Kier alpha value is -1.72. The molecule has 0 N–H and O–H groups in total. The van der Waals surface area contributed by atoms with Crippen molar-refractivity contribution in [3.05, 3.63) is 47.5 Å². The number of ether oxygens (including phenoxy) is 1. The summed E-state index contributed by atoms with van der Waals surface area (Å²) < 4.78 is 7.94. The molecular formula is C18H26N4O. The molecule has 1 saturated heterocycles. The standard InChI is InChI=1S/C18H26N4O/c1-15-5-3-6-17(11-15)12-21(13-18-7-4-10-23-18)8-9-22-14-19-20-16(22)2/h3,5-6,11,14,18H,4,7-10,12-13H2,1-2H3. The first-order chi connectivity index (χ1) is 11.2. The van der Waals surface area contributed by atoms with Crippen molar-refractivity contribution >= 4 is 0 Å². The van der Waals surface area contributed by atoms with Crippen molar-refractivity contribution in [3.63, 3.8) is 0 Å². The smallest absolute Gasteiger partial charge is 0.129 e. The van der Waals surface area contributed by atoms with Gasteiger partial charge in [0.1, 0.15) is 12.2 Å². The number of rotatable bonds is 7. The topological polar surface area (TPSA) is 43.2 Å². The van der Waals surface area contributed by atoms with Crippen molar-refractivity contribution in [3.8, 4) is 0 Å². The zero-order chi connectivity index (χ0) is 16.1. The van der Waals surface area contributed by atoms with Crippen LogP contribution in [0.4, 0.5) is 0 Å². The number of hydrogen-bond acceptors (Lipinski definition) is 4. The molecule has 0 spiro atoms. The van der Waals surface area contributed by atoms with Gasteiger partial charge in [0.05, 0.1) is 6.10 Å². The van der Waals surface area contributed by atoms with Gasteiger partial charge in [0.15, 0.2) is 0 Å². The second-order valence-electron chi connectivity index (χ2n) is 6.43. The van der Waals surface area contributed by atoms with E-state index in [-0.39, 0.29) is 0 Å². The molecular weight excluding hydrogens is 288 g/mol. The van der Waals surface area contributed by atoms with Crippen LogP contribution in [0.3, 0.4) is 0 Å². The highest BCUT2D eigenvalue weighted by atomic mass is 16.5. The van der Waals surface area contributed by atoms with Gasteiger partial charge in [-0.25, -0.2) is 0 Å². The third-order valence-corrected chi connectivity index (χ3v) is 4.44. The van der Waals surface area contributed by atoms with E-state index >= 15 is 0 Å². The van der Waals surface area contributed by atoms with Gasteiger partial charge in [-0.15, -0.1) is 10.2 Å². The third kappa shape index (κ3) is 4.62. The van der Waals surface area contributed by atoms with E-state index in [1.165, 1.54) is 24.0 Å². The van der Waals surface area contributed by atoms with Crippen molar-refractivity contribution in [2.75, 3.05) is 19.7 Å². The number of hydrogen-bond donors (Lipinski definition) is 0. The quantitative estimate of drug-likeness (QED) is 0.788. The van der Waals surface area contributed by atoms with Crippen molar-refractivity contribution in [1.29, 1.82) is 0 Å². The fourth-order valence-electron chi connectivity index (χ4n) is 3.16. The van der Waals surface area contributed by atoms with E-state index in [0.717, 1.165) is 38.6 Å². The Morgan fingerprint density at radius 3 is 2.96 bits per heavy atom. The molecule has 0 aliphatic carbocycles. The van der Waals surface area contributed by atoms with Gasteiger partial charge in [-0.05, 0) is 32.3 Å². The predicted octanol–water partition coefficient (Wildman–Crippen LogP) is 2.58. The summed E-state index contributed by atoms with van der Waals surface area (Å²) in [5, 5.41) is 8.03. The van der Waals surface area contributed by atoms with Gasteiger partial charge in [-0.2, -0.15) is 0 Å². The van der Waals surface area contributed by atoms with Crippen LogP contribution >= 0.6 is 0 Å². The van der Waals surface area contributed by atoms with Crippen LogP contribution in [-0.2, 0) is 17.8 Å². The van der Waals surface area contributed by atoms with E-state index in [1.807, 2.05) is 13.3 Å². The van der Waals surface area contributed by atoms with Crippen molar-refractivity contribution in [2.24, 2.45) is 0 Å². The lowest BCUT2D eigenvalue weighted by molar-refractivity contribution is 0.0692. The highest BCUT2D eigenvalue weighted by Gasteiger charge is 2.19. The molecule has 2 aromatic rings. The minimum Gasteiger partial charge on any atom is -0.377 e. The molecule has 0 radical (unpaired) electrons. The average Bonchev–Trinajstić information content (AvgIpc) is 3.17. The van der Waals surface area contributed by atoms with E-state index < -0.39 is 0 Å². The monoisotopic (exact) mass is 314 g/mol. The Balaban J connectivity index is 1.63. The lowest BCUT2D eigenvalue weighted by Crippen LogP contribution is -2.34. The predicted molar refractivity (Wildman–Crippen MR) is 90.2 cm³/mol. The first-order valence-corrected chi connectivity index (χ1v) is 8.44. The minimum absolute atomic E-state index is 0.377. The SMILES string of the molecule is Cc1cccc(CN(CCn2cnnc2C)CC2CCCO2)c1. The van der Waals surface area contributed by atoms with Gasteiger partial charge >= 0.3 is 0 Å². The van der Waals surface area contributed by atoms with E-state index in [4.69, 9.17) is 4.74 Å². The maximum absolute atomic E-state index is 5.83. The summed E-state index contributed by atoms with van der Waals surface area (Å²) in [6, 6.07) is 8.76. The molecule has 1 fully saturated rings. The maximum atomic E-state index is 5.83. The van der Waals surface area contributed by atoms with E-state index in [9.17, 15) is 0 Å². The normalized spacial score (nSPS) is 18.0. The number of nitrogens with zero attached hydrogens (tertiary/aromatic N) is 4. The molecule has 0 bridgehead atoms. The van der Waals surface area contributed by atoms with Gasteiger partial charge in [-0.1, -0.05) is 29.8 Å². The molecule has 1 aromatic heterocycles. The van der Waals surface area contributed by atoms with Crippen molar-refractivity contribution < 1.29 is 4.74 Å².